The Hall–Kier alpha value is -1.44. The number of amides is 1. The van der Waals surface area contributed by atoms with Crippen LogP contribution in [0.15, 0.2) is 12.4 Å². The van der Waals surface area contributed by atoms with Crippen LogP contribution in [0.25, 0.3) is 0 Å². The summed E-state index contributed by atoms with van der Waals surface area (Å²) in [6.45, 7) is 5.60. The highest BCUT2D eigenvalue weighted by Gasteiger charge is 2.42. The average molecular weight is 335 g/mol. The van der Waals surface area contributed by atoms with Crippen molar-refractivity contribution in [2.45, 2.75) is 25.0 Å². The summed E-state index contributed by atoms with van der Waals surface area (Å²) in [5, 5.41) is 4.24. The van der Waals surface area contributed by atoms with E-state index in [4.69, 9.17) is 4.74 Å². The molecule has 0 unspecified atom stereocenters. The number of nitrogens with zero attached hydrogens (tertiary/aromatic N) is 5. The maximum absolute atomic E-state index is 12.1. The van der Waals surface area contributed by atoms with Gasteiger partial charge in [0, 0.05) is 58.1 Å². The molecule has 0 N–H and O–H groups in total. The molecular formula is C17H29N5O2. The van der Waals surface area contributed by atoms with Crippen molar-refractivity contribution in [1.29, 1.82) is 0 Å². The van der Waals surface area contributed by atoms with E-state index in [2.05, 4.69) is 21.1 Å². The molecule has 7 nitrogen and oxygen atoms in total. The number of likely N-dealkylation sites (N-methyl/N-ethyl adjacent to an activating group) is 1. The van der Waals surface area contributed by atoms with Gasteiger partial charge in [0.25, 0.3) is 0 Å². The number of ether oxygens (including phenoxy) is 1. The summed E-state index contributed by atoms with van der Waals surface area (Å²) in [6.07, 6.45) is 5.98. The van der Waals surface area contributed by atoms with Crippen LogP contribution in [0.3, 0.4) is 0 Å². The number of likely N-dealkylation sites (tertiary alicyclic amines) is 1. The average Bonchev–Trinajstić information content (AvgIpc) is 2.96. The Morgan fingerprint density at radius 1 is 1.33 bits per heavy atom. The number of aromatic nitrogens is 2. The number of hydrogen-bond acceptors (Lipinski definition) is 5. The SMILES string of the molecule is CN(C)CCN1CC2(CCN(Cc3cnn(C)c3)CC2)OCC1=O. The molecule has 3 rings (SSSR count). The van der Waals surface area contributed by atoms with Gasteiger partial charge in [0.05, 0.1) is 11.8 Å². The Morgan fingerprint density at radius 3 is 2.71 bits per heavy atom. The van der Waals surface area contributed by atoms with Crippen molar-refractivity contribution in [3.8, 4) is 0 Å². The van der Waals surface area contributed by atoms with Crippen LogP contribution < -0.4 is 0 Å². The third kappa shape index (κ3) is 4.15. The number of piperidine rings is 1. The van der Waals surface area contributed by atoms with Crippen molar-refractivity contribution in [3.05, 3.63) is 18.0 Å². The summed E-state index contributed by atoms with van der Waals surface area (Å²) in [5.41, 5.74) is 1.10. The minimum atomic E-state index is -0.147. The highest BCUT2D eigenvalue weighted by molar-refractivity contribution is 5.78. The molecule has 0 radical (unpaired) electrons. The number of hydrogen-bond donors (Lipinski definition) is 0. The van der Waals surface area contributed by atoms with Crippen molar-refractivity contribution in [3.63, 3.8) is 0 Å². The van der Waals surface area contributed by atoms with E-state index in [9.17, 15) is 4.79 Å². The molecular weight excluding hydrogens is 306 g/mol. The zero-order chi connectivity index (χ0) is 17.2. The molecule has 2 aliphatic heterocycles. The Labute approximate surface area is 144 Å². The zero-order valence-electron chi connectivity index (χ0n) is 15.1. The van der Waals surface area contributed by atoms with E-state index in [0.717, 1.165) is 52.1 Å². The van der Waals surface area contributed by atoms with Crippen LogP contribution in [-0.4, -0.2) is 89.4 Å². The van der Waals surface area contributed by atoms with Gasteiger partial charge in [-0.2, -0.15) is 5.10 Å². The molecule has 2 saturated heterocycles. The molecule has 7 heteroatoms. The molecule has 3 heterocycles. The lowest BCUT2D eigenvalue weighted by Crippen LogP contribution is -2.59. The van der Waals surface area contributed by atoms with Gasteiger partial charge in [0.1, 0.15) is 6.61 Å². The smallest absolute Gasteiger partial charge is 0.248 e. The largest absolute Gasteiger partial charge is 0.363 e. The molecule has 1 aromatic rings. The molecule has 2 fully saturated rings. The zero-order valence-corrected chi connectivity index (χ0v) is 15.1. The maximum Gasteiger partial charge on any atom is 0.248 e. The predicted octanol–water partition coefficient (Wildman–Crippen LogP) is 0.175. The molecule has 134 valence electrons. The second-order valence-electron chi connectivity index (χ2n) is 7.39. The Bertz CT molecular complexity index is 563. The highest BCUT2D eigenvalue weighted by Crippen LogP contribution is 2.31. The normalized spacial score (nSPS) is 21.8. The van der Waals surface area contributed by atoms with E-state index < -0.39 is 0 Å². The van der Waals surface area contributed by atoms with Crippen molar-refractivity contribution in [2.75, 3.05) is 53.4 Å². The fourth-order valence-electron chi connectivity index (χ4n) is 3.55. The van der Waals surface area contributed by atoms with Crippen LogP contribution in [0.1, 0.15) is 18.4 Å². The molecule has 1 spiro atoms. The monoisotopic (exact) mass is 335 g/mol. The molecule has 0 saturated carbocycles. The van der Waals surface area contributed by atoms with E-state index in [1.165, 1.54) is 5.56 Å². The number of morpholine rings is 1. The van der Waals surface area contributed by atoms with Crippen molar-refractivity contribution < 1.29 is 9.53 Å². The molecule has 0 aromatic carbocycles. The minimum absolute atomic E-state index is 0.125. The van der Waals surface area contributed by atoms with Crippen LogP contribution >= 0.6 is 0 Å². The van der Waals surface area contributed by atoms with Gasteiger partial charge in [-0.3, -0.25) is 14.4 Å². The first kappa shape index (κ1) is 17.4. The Balaban J connectivity index is 1.53. The van der Waals surface area contributed by atoms with Crippen LogP contribution in [0.5, 0.6) is 0 Å². The Kier molecular flexibility index (Phi) is 5.22. The van der Waals surface area contributed by atoms with E-state index in [0.29, 0.717) is 0 Å². The fraction of sp³-hybridized carbons (Fsp3) is 0.765. The summed E-state index contributed by atoms with van der Waals surface area (Å²) in [6, 6.07) is 0. The number of rotatable bonds is 5. The van der Waals surface area contributed by atoms with E-state index in [-0.39, 0.29) is 18.1 Å². The molecule has 0 aliphatic carbocycles. The highest BCUT2D eigenvalue weighted by atomic mass is 16.5. The number of aryl methyl sites for hydroxylation is 1. The summed E-state index contributed by atoms with van der Waals surface area (Å²) >= 11 is 0. The summed E-state index contributed by atoms with van der Waals surface area (Å²) < 4.78 is 7.86. The van der Waals surface area contributed by atoms with Gasteiger partial charge in [-0.15, -0.1) is 0 Å². The standard InChI is InChI=1S/C17H29N5O2/c1-19(2)8-9-22-14-17(24-13-16(22)23)4-6-21(7-5-17)12-15-10-18-20(3)11-15/h10-11H,4-9,12-14H2,1-3H3. The Morgan fingerprint density at radius 2 is 2.08 bits per heavy atom. The second kappa shape index (κ2) is 7.21. The minimum Gasteiger partial charge on any atom is -0.363 e. The topological polar surface area (TPSA) is 53.8 Å². The maximum atomic E-state index is 12.1. The summed E-state index contributed by atoms with van der Waals surface area (Å²) in [4.78, 5) is 18.7. The van der Waals surface area contributed by atoms with Gasteiger partial charge in [0.2, 0.25) is 5.91 Å². The van der Waals surface area contributed by atoms with Gasteiger partial charge in [0.15, 0.2) is 0 Å². The van der Waals surface area contributed by atoms with Gasteiger partial charge < -0.3 is 14.5 Å². The number of carbonyl (C=O) groups excluding carboxylic acids is 1. The van der Waals surface area contributed by atoms with Crippen LogP contribution in [0.2, 0.25) is 0 Å². The van der Waals surface area contributed by atoms with Gasteiger partial charge in [-0.1, -0.05) is 0 Å². The van der Waals surface area contributed by atoms with Crippen LogP contribution in [0.4, 0.5) is 0 Å². The van der Waals surface area contributed by atoms with E-state index in [1.807, 2.05) is 36.9 Å². The quantitative estimate of drug-likeness (QED) is 0.768. The first-order chi connectivity index (χ1) is 11.5. The summed E-state index contributed by atoms with van der Waals surface area (Å²) in [7, 11) is 6.03. The van der Waals surface area contributed by atoms with Crippen molar-refractivity contribution in [2.24, 2.45) is 7.05 Å². The lowest BCUT2D eigenvalue weighted by atomic mass is 9.89. The summed E-state index contributed by atoms with van der Waals surface area (Å²) in [5.74, 6) is 0.125. The van der Waals surface area contributed by atoms with Gasteiger partial charge in [-0.05, 0) is 26.9 Å². The molecule has 0 bridgehead atoms. The molecule has 0 atom stereocenters. The van der Waals surface area contributed by atoms with Gasteiger partial charge in [-0.25, -0.2) is 0 Å². The molecule has 1 amide bonds. The van der Waals surface area contributed by atoms with E-state index >= 15 is 0 Å². The third-order valence-corrected chi connectivity index (χ3v) is 5.08. The van der Waals surface area contributed by atoms with Crippen LogP contribution in [-0.2, 0) is 23.1 Å². The van der Waals surface area contributed by atoms with E-state index in [1.54, 1.807) is 0 Å². The van der Waals surface area contributed by atoms with Crippen LogP contribution in [0, 0.1) is 0 Å². The lowest BCUT2D eigenvalue weighted by molar-refractivity contribution is -0.171. The van der Waals surface area contributed by atoms with Crippen molar-refractivity contribution in [1.82, 2.24) is 24.5 Å². The second-order valence-corrected chi connectivity index (χ2v) is 7.39. The fourth-order valence-corrected chi connectivity index (χ4v) is 3.55. The molecule has 2 aliphatic rings. The first-order valence-corrected chi connectivity index (χ1v) is 8.72. The number of carbonyl (C=O) groups is 1. The molecule has 1 aromatic heterocycles. The van der Waals surface area contributed by atoms with Crippen molar-refractivity contribution >= 4 is 5.91 Å². The predicted molar refractivity (Wildman–Crippen MR) is 91.5 cm³/mol. The first-order valence-electron chi connectivity index (χ1n) is 8.72. The lowest BCUT2D eigenvalue weighted by Gasteiger charge is -2.47. The molecule has 24 heavy (non-hydrogen) atoms. The van der Waals surface area contributed by atoms with Gasteiger partial charge >= 0.3 is 0 Å². The third-order valence-electron chi connectivity index (χ3n) is 5.08.